The van der Waals surface area contributed by atoms with Crippen molar-refractivity contribution in [1.29, 1.82) is 0 Å². The molecule has 0 saturated carbocycles. The number of carbonyl (C=O) groups is 1. The molecular weight excluding hydrogens is 414 g/mol. The summed E-state index contributed by atoms with van der Waals surface area (Å²) in [6.45, 7) is 1.40. The fourth-order valence-corrected chi connectivity index (χ4v) is 3.88. The molecule has 0 radical (unpaired) electrons. The third kappa shape index (κ3) is 5.59. The molecule has 1 aromatic heterocycles. The van der Waals surface area contributed by atoms with Crippen molar-refractivity contribution < 1.29 is 14.1 Å². The van der Waals surface area contributed by atoms with Crippen molar-refractivity contribution >= 4 is 24.0 Å². The van der Waals surface area contributed by atoms with Crippen LogP contribution in [0.25, 0.3) is 17.3 Å². The van der Waals surface area contributed by atoms with Crippen LogP contribution in [0.3, 0.4) is 0 Å². The molecule has 1 aliphatic heterocycles. The van der Waals surface area contributed by atoms with Gasteiger partial charge in [-0.15, -0.1) is 14.4 Å². The van der Waals surface area contributed by atoms with Crippen molar-refractivity contribution in [2.75, 3.05) is 13.1 Å². The van der Waals surface area contributed by atoms with Gasteiger partial charge in [0.2, 0.25) is 5.91 Å². The van der Waals surface area contributed by atoms with Gasteiger partial charge in [0.1, 0.15) is 5.69 Å². The van der Waals surface area contributed by atoms with E-state index in [1.807, 2.05) is 76.5 Å². The van der Waals surface area contributed by atoms with Crippen molar-refractivity contribution in [3.63, 3.8) is 0 Å². The quantitative estimate of drug-likeness (QED) is 0.261. The Morgan fingerprint density at radius 2 is 1.84 bits per heavy atom. The highest BCUT2D eigenvalue weighted by Gasteiger charge is 2.23. The molecule has 2 aromatic carbocycles. The van der Waals surface area contributed by atoms with E-state index in [-0.39, 0.29) is 11.9 Å². The summed E-state index contributed by atoms with van der Waals surface area (Å²) in [6.07, 6.45) is 7.16. The van der Waals surface area contributed by atoms with Crippen LogP contribution in [0.4, 0.5) is 0 Å². The minimum atomic E-state index is 0.0450. The van der Waals surface area contributed by atoms with Gasteiger partial charge in [-0.3, -0.25) is 4.79 Å². The summed E-state index contributed by atoms with van der Waals surface area (Å²) in [5, 5.41) is 8.63. The Morgan fingerprint density at radius 1 is 1.10 bits per heavy atom. The van der Waals surface area contributed by atoms with Crippen LogP contribution in [-0.4, -0.2) is 38.9 Å². The molecule has 1 saturated heterocycles. The number of carbonyl (C=O) groups excluding carboxylic acids is 1. The van der Waals surface area contributed by atoms with Gasteiger partial charge in [-0.2, -0.15) is 5.90 Å². The molecule has 4 rings (SSSR count). The fraction of sp³-hybridized carbons (Fsp3) is 0.227. The second-order valence-electron chi connectivity index (χ2n) is 7.16. The Kier molecular flexibility index (Phi) is 7.11. The molecular formula is C22H23N5O3S. The summed E-state index contributed by atoms with van der Waals surface area (Å²) >= 11 is 1.03. The maximum atomic E-state index is 12.5. The Balaban J connectivity index is 1.32. The summed E-state index contributed by atoms with van der Waals surface area (Å²) in [5.74, 6) is 4.89. The zero-order valence-electron chi connectivity index (χ0n) is 16.8. The lowest BCUT2D eigenvalue weighted by atomic mass is 10.0. The van der Waals surface area contributed by atoms with Crippen molar-refractivity contribution in [3.05, 3.63) is 72.4 Å². The molecule has 0 aliphatic carbocycles. The third-order valence-corrected chi connectivity index (χ3v) is 5.81. The predicted octanol–water partition coefficient (Wildman–Crippen LogP) is 3.65. The third-order valence-electron chi connectivity index (χ3n) is 5.20. The standard InChI is InChI=1S/C22H23N5O3S/c23-29-30-31-20-9-7-18(8-10-20)21-16-27(25-24-21)19-12-14-26(15-13-19)22(28)11-6-17-4-2-1-3-5-17/h1-11,16,19H,12-15,23H2. The average molecular weight is 438 g/mol. The van der Waals surface area contributed by atoms with Gasteiger partial charge in [0.25, 0.3) is 0 Å². The lowest BCUT2D eigenvalue weighted by Crippen LogP contribution is -2.38. The Hall–Kier alpha value is -2.98. The number of amides is 1. The monoisotopic (exact) mass is 437 g/mol. The van der Waals surface area contributed by atoms with Gasteiger partial charge in [0.05, 0.1) is 24.3 Å². The Labute approximate surface area is 184 Å². The molecule has 160 valence electrons. The molecule has 1 amide bonds. The van der Waals surface area contributed by atoms with E-state index in [2.05, 4.69) is 19.6 Å². The molecule has 0 atom stereocenters. The average Bonchev–Trinajstić information content (AvgIpc) is 3.33. The first-order valence-corrected chi connectivity index (χ1v) is 10.7. The van der Waals surface area contributed by atoms with E-state index >= 15 is 0 Å². The topological polar surface area (TPSA) is 95.5 Å². The lowest BCUT2D eigenvalue weighted by molar-refractivity contribution is -0.195. The minimum Gasteiger partial charge on any atom is -0.339 e. The number of nitrogens with zero attached hydrogens (tertiary/aromatic N) is 4. The van der Waals surface area contributed by atoms with E-state index < -0.39 is 0 Å². The smallest absolute Gasteiger partial charge is 0.246 e. The number of likely N-dealkylation sites (tertiary alicyclic amines) is 1. The van der Waals surface area contributed by atoms with Crippen molar-refractivity contribution in [3.8, 4) is 11.3 Å². The largest absolute Gasteiger partial charge is 0.339 e. The zero-order chi connectivity index (χ0) is 21.5. The van der Waals surface area contributed by atoms with Crippen molar-refractivity contribution in [1.82, 2.24) is 19.9 Å². The van der Waals surface area contributed by atoms with Crippen molar-refractivity contribution in [2.24, 2.45) is 5.90 Å². The van der Waals surface area contributed by atoms with Crippen LogP contribution in [-0.2, 0) is 14.1 Å². The molecule has 2 heterocycles. The summed E-state index contributed by atoms with van der Waals surface area (Å²) in [4.78, 5) is 19.3. The van der Waals surface area contributed by atoms with E-state index in [4.69, 9.17) is 5.90 Å². The highest BCUT2D eigenvalue weighted by atomic mass is 32.2. The number of nitrogens with two attached hydrogens (primary N) is 1. The van der Waals surface area contributed by atoms with Gasteiger partial charge in [0.15, 0.2) is 0 Å². The normalized spacial score (nSPS) is 14.9. The maximum absolute atomic E-state index is 12.5. The first kappa shape index (κ1) is 21.3. The number of piperidine rings is 1. The molecule has 3 aromatic rings. The molecule has 1 fully saturated rings. The SMILES string of the molecule is NOOSc1ccc(-c2cn(C3CCN(C(=O)C=Cc4ccccc4)CC3)nn2)cc1. The summed E-state index contributed by atoms with van der Waals surface area (Å²) < 4.78 is 6.55. The van der Waals surface area contributed by atoms with E-state index in [1.165, 1.54) is 0 Å². The minimum absolute atomic E-state index is 0.0450. The molecule has 0 spiro atoms. The number of aromatic nitrogens is 3. The van der Waals surface area contributed by atoms with Gasteiger partial charge in [-0.25, -0.2) is 4.68 Å². The van der Waals surface area contributed by atoms with E-state index in [0.717, 1.165) is 46.6 Å². The maximum Gasteiger partial charge on any atom is 0.246 e. The molecule has 9 heteroatoms. The van der Waals surface area contributed by atoms with Crippen LogP contribution >= 0.6 is 12.0 Å². The molecule has 8 nitrogen and oxygen atoms in total. The van der Waals surface area contributed by atoms with E-state index in [0.29, 0.717) is 13.1 Å². The van der Waals surface area contributed by atoms with Crippen LogP contribution in [0, 0.1) is 0 Å². The fourth-order valence-electron chi connectivity index (χ4n) is 3.52. The number of hydrogen-bond donors (Lipinski definition) is 1. The number of hydrogen-bond acceptors (Lipinski definition) is 7. The predicted molar refractivity (Wildman–Crippen MR) is 118 cm³/mol. The summed E-state index contributed by atoms with van der Waals surface area (Å²) in [5.41, 5.74) is 2.78. The van der Waals surface area contributed by atoms with Gasteiger partial charge >= 0.3 is 0 Å². The Morgan fingerprint density at radius 3 is 2.55 bits per heavy atom. The first-order valence-electron chi connectivity index (χ1n) is 9.97. The van der Waals surface area contributed by atoms with Gasteiger partial charge in [-0.1, -0.05) is 47.7 Å². The molecule has 0 unspecified atom stereocenters. The molecule has 0 bridgehead atoms. The van der Waals surface area contributed by atoms with Crippen LogP contribution in [0.2, 0.25) is 0 Å². The van der Waals surface area contributed by atoms with Crippen LogP contribution in [0.5, 0.6) is 0 Å². The molecule has 1 aliphatic rings. The summed E-state index contributed by atoms with van der Waals surface area (Å²) in [6, 6.07) is 17.7. The Bertz CT molecular complexity index is 1020. The first-order chi connectivity index (χ1) is 15.2. The van der Waals surface area contributed by atoms with Gasteiger partial charge in [0, 0.05) is 29.6 Å². The summed E-state index contributed by atoms with van der Waals surface area (Å²) in [7, 11) is 0. The van der Waals surface area contributed by atoms with E-state index in [1.54, 1.807) is 6.08 Å². The highest BCUT2D eigenvalue weighted by molar-refractivity contribution is 7.94. The number of rotatable bonds is 7. The zero-order valence-corrected chi connectivity index (χ0v) is 17.6. The highest BCUT2D eigenvalue weighted by Crippen LogP contribution is 2.26. The van der Waals surface area contributed by atoms with Crippen LogP contribution < -0.4 is 5.90 Å². The van der Waals surface area contributed by atoms with E-state index in [9.17, 15) is 4.79 Å². The lowest BCUT2D eigenvalue weighted by Gasteiger charge is -2.31. The second-order valence-corrected chi connectivity index (χ2v) is 7.93. The second kappa shape index (κ2) is 10.4. The van der Waals surface area contributed by atoms with Crippen LogP contribution in [0.1, 0.15) is 24.4 Å². The molecule has 31 heavy (non-hydrogen) atoms. The van der Waals surface area contributed by atoms with Crippen molar-refractivity contribution in [2.45, 2.75) is 23.8 Å². The van der Waals surface area contributed by atoms with Gasteiger partial charge < -0.3 is 4.90 Å². The molecule has 2 N–H and O–H groups in total. The van der Waals surface area contributed by atoms with Gasteiger partial charge in [-0.05, 0) is 36.6 Å². The van der Waals surface area contributed by atoms with Crippen LogP contribution in [0.15, 0.2) is 71.8 Å². The number of benzene rings is 2.